The summed E-state index contributed by atoms with van der Waals surface area (Å²) in [6.07, 6.45) is 0.979. The van der Waals surface area contributed by atoms with Gasteiger partial charge in [0, 0.05) is 19.6 Å². The van der Waals surface area contributed by atoms with Crippen molar-refractivity contribution >= 4 is 5.69 Å². The normalized spacial score (nSPS) is 16.5. The second kappa shape index (κ2) is 4.42. The molecule has 1 aliphatic heterocycles. The van der Waals surface area contributed by atoms with Crippen molar-refractivity contribution in [1.82, 2.24) is 4.90 Å². The number of hydrogen-bond donors (Lipinski definition) is 1. The zero-order valence-corrected chi connectivity index (χ0v) is 9.96. The van der Waals surface area contributed by atoms with Crippen molar-refractivity contribution in [2.75, 3.05) is 18.8 Å². The summed E-state index contributed by atoms with van der Waals surface area (Å²) in [6.45, 7) is 7.39. The summed E-state index contributed by atoms with van der Waals surface area (Å²) in [5.41, 5.74) is 8.15. The highest BCUT2D eigenvalue weighted by molar-refractivity contribution is 5.47. The van der Waals surface area contributed by atoms with Crippen LogP contribution in [0, 0.1) is 11.7 Å². The van der Waals surface area contributed by atoms with E-state index in [-0.39, 0.29) is 11.5 Å². The zero-order chi connectivity index (χ0) is 11.7. The third-order valence-corrected chi connectivity index (χ3v) is 3.03. The van der Waals surface area contributed by atoms with Gasteiger partial charge in [-0.05, 0) is 35.6 Å². The van der Waals surface area contributed by atoms with E-state index >= 15 is 0 Å². The molecule has 0 fully saturated rings. The fraction of sp³-hybridized carbons (Fsp3) is 0.538. The Kier molecular flexibility index (Phi) is 3.15. The Bertz CT molecular complexity index is 388. The zero-order valence-electron chi connectivity index (χ0n) is 9.96. The quantitative estimate of drug-likeness (QED) is 0.779. The van der Waals surface area contributed by atoms with Crippen molar-refractivity contribution in [3.63, 3.8) is 0 Å². The number of nitrogen functional groups attached to an aromatic ring is 1. The van der Waals surface area contributed by atoms with Gasteiger partial charge in [-0.2, -0.15) is 0 Å². The molecule has 0 amide bonds. The van der Waals surface area contributed by atoms with Crippen LogP contribution in [0.3, 0.4) is 0 Å². The second-order valence-corrected chi connectivity index (χ2v) is 5.02. The van der Waals surface area contributed by atoms with Crippen LogP contribution >= 0.6 is 0 Å². The first-order valence-corrected chi connectivity index (χ1v) is 5.85. The molecule has 0 bridgehead atoms. The van der Waals surface area contributed by atoms with Crippen LogP contribution in [-0.4, -0.2) is 18.0 Å². The monoisotopic (exact) mass is 222 g/mol. The summed E-state index contributed by atoms with van der Waals surface area (Å²) >= 11 is 0. The van der Waals surface area contributed by atoms with Crippen LogP contribution in [0.1, 0.15) is 25.0 Å². The predicted molar refractivity (Wildman–Crippen MR) is 64.6 cm³/mol. The van der Waals surface area contributed by atoms with E-state index < -0.39 is 0 Å². The Morgan fingerprint density at radius 2 is 2.12 bits per heavy atom. The lowest BCUT2D eigenvalue weighted by molar-refractivity contribution is 0.226. The summed E-state index contributed by atoms with van der Waals surface area (Å²) in [7, 11) is 0. The Morgan fingerprint density at radius 3 is 2.81 bits per heavy atom. The highest BCUT2D eigenvalue weighted by Gasteiger charge is 2.18. The molecule has 0 spiro atoms. The molecule has 0 saturated carbocycles. The molecule has 0 unspecified atom stereocenters. The topological polar surface area (TPSA) is 29.3 Å². The number of halogens is 1. The standard InChI is InChI=1S/C13H19FN2/c1-9(2)7-16-4-3-10-6-13(15)12(14)5-11(10)8-16/h5-6,9H,3-4,7-8,15H2,1-2H3. The molecule has 1 aromatic rings. The molecule has 0 radical (unpaired) electrons. The summed E-state index contributed by atoms with van der Waals surface area (Å²) in [6, 6.07) is 3.38. The first kappa shape index (κ1) is 11.4. The van der Waals surface area contributed by atoms with Crippen molar-refractivity contribution in [3.8, 4) is 0 Å². The van der Waals surface area contributed by atoms with Gasteiger partial charge in [-0.15, -0.1) is 0 Å². The minimum atomic E-state index is -0.287. The molecular formula is C13H19FN2. The van der Waals surface area contributed by atoms with Crippen LogP contribution in [0.2, 0.25) is 0 Å². The molecule has 2 rings (SSSR count). The fourth-order valence-electron chi connectivity index (χ4n) is 2.33. The first-order chi connectivity index (χ1) is 7.56. The third kappa shape index (κ3) is 2.35. The summed E-state index contributed by atoms with van der Waals surface area (Å²) in [4.78, 5) is 2.38. The van der Waals surface area contributed by atoms with Gasteiger partial charge in [-0.3, -0.25) is 4.90 Å². The average molecular weight is 222 g/mol. The van der Waals surface area contributed by atoms with Crippen molar-refractivity contribution in [2.45, 2.75) is 26.8 Å². The minimum absolute atomic E-state index is 0.274. The lowest BCUT2D eigenvalue weighted by atomic mass is 9.98. The maximum Gasteiger partial charge on any atom is 0.146 e. The molecule has 1 aromatic carbocycles. The molecule has 3 heteroatoms. The first-order valence-electron chi connectivity index (χ1n) is 5.85. The number of hydrogen-bond acceptors (Lipinski definition) is 2. The minimum Gasteiger partial charge on any atom is -0.396 e. The van der Waals surface area contributed by atoms with Crippen molar-refractivity contribution in [1.29, 1.82) is 0 Å². The molecule has 16 heavy (non-hydrogen) atoms. The van der Waals surface area contributed by atoms with Gasteiger partial charge in [-0.25, -0.2) is 4.39 Å². The highest BCUT2D eigenvalue weighted by atomic mass is 19.1. The molecule has 0 saturated heterocycles. The van der Waals surface area contributed by atoms with Crippen LogP contribution in [0.25, 0.3) is 0 Å². The van der Waals surface area contributed by atoms with Crippen molar-refractivity contribution < 1.29 is 4.39 Å². The van der Waals surface area contributed by atoms with Gasteiger partial charge in [0.25, 0.3) is 0 Å². The van der Waals surface area contributed by atoms with Crippen molar-refractivity contribution in [3.05, 3.63) is 29.1 Å². The van der Waals surface area contributed by atoms with Crippen LogP contribution in [0.15, 0.2) is 12.1 Å². The molecule has 2 nitrogen and oxygen atoms in total. The third-order valence-electron chi connectivity index (χ3n) is 3.03. The number of fused-ring (bicyclic) bond motifs is 1. The van der Waals surface area contributed by atoms with Gasteiger partial charge in [0.1, 0.15) is 5.82 Å². The van der Waals surface area contributed by atoms with Crippen LogP contribution in [0.4, 0.5) is 10.1 Å². The lowest BCUT2D eigenvalue weighted by Crippen LogP contribution is -2.33. The SMILES string of the molecule is CC(C)CN1CCc2cc(N)c(F)cc2C1. The molecule has 0 aromatic heterocycles. The van der Waals surface area contributed by atoms with E-state index in [4.69, 9.17) is 5.73 Å². The van der Waals surface area contributed by atoms with Gasteiger partial charge in [0.15, 0.2) is 0 Å². The summed E-state index contributed by atoms with van der Waals surface area (Å²) in [5.74, 6) is 0.366. The molecule has 88 valence electrons. The number of rotatable bonds is 2. The molecule has 0 aliphatic carbocycles. The van der Waals surface area contributed by atoms with E-state index in [0.717, 1.165) is 31.6 Å². The smallest absolute Gasteiger partial charge is 0.146 e. The van der Waals surface area contributed by atoms with E-state index in [9.17, 15) is 4.39 Å². The van der Waals surface area contributed by atoms with Crippen LogP contribution < -0.4 is 5.73 Å². The Labute approximate surface area is 96.2 Å². The number of anilines is 1. The van der Waals surface area contributed by atoms with E-state index in [1.54, 1.807) is 12.1 Å². The predicted octanol–water partition coefficient (Wildman–Crippen LogP) is 2.42. The van der Waals surface area contributed by atoms with Gasteiger partial charge in [-0.1, -0.05) is 13.8 Å². The average Bonchev–Trinajstić information content (AvgIpc) is 2.19. The number of nitrogens with two attached hydrogens (primary N) is 1. The molecule has 0 atom stereocenters. The summed E-state index contributed by atoms with van der Waals surface area (Å²) in [5, 5.41) is 0. The lowest BCUT2D eigenvalue weighted by Gasteiger charge is -2.30. The van der Waals surface area contributed by atoms with E-state index in [2.05, 4.69) is 18.7 Å². The number of nitrogens with zero attached hydrogens (tertiary/aromatic N) is 1. The Morgan fingerprint density at radius 1 is 1.38 bits per heavy atom. The van der Waals surface area contributed by atoms with E-state index in [1.165, 1.54) is 5.56 Å². The van der Waals surface area contributed by atoms with Crippen LogP contribution in [-0.2, 0) is 13.0 Å². The molecule has 2 N–H and O–H groups in total. The van der Waals surface area contributed by atoms with Gasteiger partial charge in [0.05, 0.1) is 5.69 Å². The fourth-order valence-corrected chi connectivity index (χ4v) is 2.33. The maximum atomic E-state index is 13.4. The van der Waals surface area contributed by atoms with E-state index in [0.29, 0.717) is 5.92 Å². The number of benzene rings is 1. The van der Waals surface area contributed by atoms with Crippen molar-refractivity contribution in [2.24, 2.45) is 5.92 Å². The molecular weight excluding hydrogens is 203 g/mol. The Balaban J connectivity index is 2.17. The molecule has 1 heterocycles. The Hall–Kier alpha value is -1.09. The summed E-state index contributed by atoms with van der Waals surface area (Å²) < 4.78 is 13.4. The van der Waals surface area contributed by atoms with Gasteiger partial charge < -0.3 is 5.73 Å². The van der Waals surface area contributed by atoms with Gasteiger partial charge >= 0.3 is 0 Å². The maximum absolute atomic E-state index is 13.4. The van der Waals surface area contributed by atoms with Gasteiger partial charge in [0.2, 0.25) is 0 Å². The van der Waals surface area contributed by atoms with Crippen LogP contribution in [0.5, 0.6) is 0 Å². The second-order valence-electron chi connectivity index (χ2n) is 5.02. The highest BCUT2D eigenvalue weighted by Crippen LogP contribution is 2.24. The largest absolute Gasteiger partial charge is 0.396 e. The molecule has 1 aliphatic rings. The van der Waals surface area contributed by atoms with E-state index in [1.807, 2.05) is 0 Å².